The molecule has 0 bridgehead atoms. The monoisotopic (exact) mass is 299 g/mol. The van der Waals surface area contributed by atoms with E-state index in [2.05, 4.69) is 15.9 Å². The number of hydrogen-bond donors (Lipinski definition) is 0. The number of carbonyl (C=O) groups is 1. The number of rotatable bonds is 1. The summed E-state index contributed by atoms with van der Waals surface area (Å²) in [5.74, 6) is 1.71. The van der Waals surface area contributed by atoms with Gasteiger partial charge in [0.25, 0.3) is 5.91 Å². The third-order valence-electron chi connectivity index (χ3n) is 3.49. The van der Waals surface area contributed by atoms with Gasteiger partial charge in [-0.25, -0.2) is 0 Å². The molecule has 0 aliphatic carbocycles. The van der Waals surface area contributed by atoms with Crippen LogP contribution in [0.2, 0.25) is 0 Å². The smallest absolute Gasteiger partial charge is 0.257 e. The highest BCUT2D eigenvalue weighted by molar-refractivity contribution is 9.09. The van der Waals surface area contributed by atoms with Gasteiger partial charge in [-0.1, -0.05) is 15.9 Å². The Hall–Kier alpha value is -0.770. The second kappa shape index (κ2) is 4.84. The number of hydrogen-bond acceptors (Lipinski definition) is 2. The van der Waals surface area contributed by atoms with Crippen LogP contribution in [0.1, 0.15) is 40.3 Å². The van der Waals surface area contributed by atoms with Gasteiger partial charge in [0.15, 0.2) is 0 Å². The molecule has 0 N–H and O–H groups in total. The molecule has 17 heavy (non-hydrogen) atoms. The van der Waals surface area contributed by atoms with Gasteiger partial charge in [-0.2, -0.15) is 0 Å². The molecule has 4 heteroatoms. The Kier molecular flexibility index (Phi) is 3.61. The topological polar surface area (TPSA) is 33.5 Å². The normalized spacial score (nSPS) is 17.5. The highest BCUT2D eigenvalue weighted by Gasteiger charge is 2.26. The fourth-order valence-electron chi connectivity index (χ4n) is 2.32. The summed E-state index contributed by atoms with van der Waals surface area (Å²) in [5, 5.41) is 0. The van der Waals surface area contributed by atoms with Crippen LogP contribution >= 0.6 is 15.9 Å². The molecule has 1 fully saturated rings. The summed E-state index contributed by atoms with van der Waals surface area (Å²) in [7, 11) is 0. The quantitative estimate of drug-likeness (QED) is 0.746. The van der Waals surface area contributed by atoms with E-state index in [0.717, 1.165) is 48.6 Å². The molecule has 2 heterocycles. The van der Waals surface area contributed by atoms with Crippen molar-refractivity contribution in [3.8, 4) is 0 Å². The predicted octanol–water partition coefficient (Wildman–Crippen LogP) is 3.20. The van der Waals surface area contributed by atoms with Gasteiger partial charge < -0.3 is 9.32 Å². The van der Waals surface area contributed by atoms with Gasteiger partial charge in [0, 0.05) is 23.5 Å². The zero-order chi connectivity index (χ0) is 12.6. The molecule has 2 rings (SSSR count). The van der Waals surface area contributed by atoms with E-state index in [1.165, 1.54) is 0 Å². The highest BCUT2D eigenvalue weighted by atomic mass is 79.9. The lowest BCUT2D eigenvalue weighted by molar-refractivity contribution is 0.0726. The summed E-state index contributed by atoms with van der Waals surface area (Å²) in [6.45, 7) is 7.39. The SMILES string of the molecule is Cc1oc(C)c(C(=O)N2CCC(Br)CC2)c1C. The number of nitrogens with zero attached hydrogens (tertiary/aromatic N) is 1. The summed E-state index contributed by atoms with van der Waals surface area (Å²) < 4.78 is 5.52. The molecule has 1 aliphatic heterocycles. The first kappa shape index (κ1) is 12.7. The molecule has 94 valence electrons. The predicted molar refractivity (Wildman–Crippen MR) is 70.8 cm³/mol. The molecule has 1 aromatic rings. The van der Waals surface area contributed by atoms with Crippen LogP contribution in [-0.2, 0) is 0 Å². The number of amides is 1. The minimum absolute atomic E-state index is 0.122. The molecule has 0 saturated carbocycles. The molecule has 3 nitrogen and oxygen atoms in total. The summed E-state index contributed by atoms with van der Waals surface area (Å²) in [5.41, 5.74) is 1.74. The number of halogens is 1. The minimum atomic E-state index is 0.122. The van der Waals surface area contributed by atoms with Gasteiger partial charge in [-0.3, -0.25) is 4.79 Å². The average Bonchev–Trinajstić information content (AvgIpc) is 2.53. The first-order valence-electron chi connectivity index (χ1n) is 6.00. The van der Waals surface area contributed by atoms with Crippen molar-refractivity contribution in [3.63, 3.8) is 0 Å². The maximum Gasteiger partial charge on any atom is 0.257 e. The van der Waals surface area contributed by atoms with Crippen LogP contribution < -0.4 is 0 Å². The van der Waals surface area contributed by atoms with Crippen molar-refractivity contribution in [1.29, 1.82) is 0 Å². The van der Waals surface area contributed by atoms with Crippen LogP contribution in [0.25, 0.3) is 0 Å². The molecule has 1 aromatic heterocycles. The standard InChI is InChI=1S/C13H18BrNO2/c1-8-9(2)17-10(3)12(8)13(16)15-6-4-11(14)5-7-15/h11H,4-7H2,1-3H3. The minimum Gasteiger partial charge on any atom is -0.466 e. The van der Waals surface area contributed by atoms with Crippen LogP contribution in [0.15, 0.2) is 4.42 Å². The Morgan fingerprint density at radius 1 is 1.24 bits per heavy atom. The number of furan rings is 1. The van der Waals surface area contributed by atoms with Crippen LogP contribution in [-0.4, -0.2) is 28.7 Å². The molecule has 1 amide bonds. The lowest BCUT2D eigenvalue weighted by atomic mass is 10.1. The number of alkyl halides is 1. The van der Waals surface area contributed by atoms with Crippen molar-refractivity contribution in [2.75, 3.05) is 13.1 Å². The third kappa shape index (κ3) is 2.41. The van der Waals surface area contributed by atoms with Crippen LogP contribution in [0.4, 0.5) is 0 Å². The Bertz CT molecular complexity index is 431. The van der Waals surface area contributed by atoms with E-state index in [1.807, 2.05) is 25.7 Å². The van der Waals surface area contributed by atoms with Crippen molar-refractivity contribution >= 4 is 21.8 Å². The lowest BCUT2D eigenvalue weighted by Crippen LogP contribution is -2.39. The van der Waals surface area contributed by atoms with Crippen LogP contribution in [0, 0.1) is 20.8 Å². The van der Waals surface area contributed by atoms with Gasteiger partial charge in [0.1, 0.15) is 11.5 Å². The van der Waals surface area contributed by atoms with Crippen molar-refractivity contribution in [3.05, 3.63) is 22.6 Å². The summed E-state index contributed by atoms with van der Waals surface area (Å²) in [4.78, 5) is 14.9. The molecular weight excluding hydrogens is 282 g/mol. The van der Waals surface area contributed by atoms with E-state index in [9.17, 15) is 4.79 Å². The molecule has 0 spiro atoms. The van der Waals surface area contributed by atoms with Gasteiger partial charge in [-0.15, -0.1) is 0 Å². The van der Waals surface area contributed by atoms with Crippen molar-refractivity contribution in [2.24, 2.45) is 0 Å². The Morgan fingerprint density at radius 2 is 1.82 bits per heavy atom. The Labute approximate surface area is 110 Å². The maximum atomic E-state index is 12.4. The molecule has 1 aliphatic rings. The summed E-state index contributed by atoms with van der Waals surface area (Å²) in [6, 6.07) is 0. The first-order chi connectivity index (χ1) is 8.00. The fourth-order valence-corrected chi connectivity index (χ4v) is 2.73. The van der Waals surface area contributed by atoms with E-state index in [-0.39, 0.29) is 5.91 Å². The number of likely N-dealkylation sites (tertiary alicyclic amines) is 1. The second-order valence-corrected chi connectivity index (χ2v) is 5.98. The van der Waals surface area contributed by atoms with Crippen molar-refractivity contribution < 1.29 is 9.21 Å². The van der Waals surface area contributed by atoms with Gasteiger partial charge in [-0.05, 0) is 33.6 Å². The Morgan fingerprint density at radius 3 is 2.29 bits per heavy atom. The molecule has 0 radical (unpaired) electrons. The van der Waals surface area contributed by atoms with E-state index in [0.29, 0.717) is 4.83 Å². The molecule has 0 aromatic carbocycles. The van der Waals surface area contributed by atoms with Crippen molar-refractivity contribution in [1.82, 2.24) is 4.90 Å². The van der Waals surface area contributed by atoms with Gasteiger partial charge >= 0.3 is 0 Å². The van der Waals surface area contributed by atoms with Crippen LogP contribution in [0.3, 0.4) is 0 Å². The van der Waals surface area contributed by atoms with Crippen molar-refractivity contribution in [2.45, 2.75) is 38.4 Å². The lowest BCUT2D eigenvalue weighted by Gasteiger charge is -2.29. The molecular formula is C13H18BrNO2. The Balaban J connectivity index is 2.20. The first-order valence-corrected chi connectivity index (χ1v) is 6.92. The average molecular weight is 300 g/mol. The third-order valence-corrected chi connectivity index (χ3v) is 4.40. The van der Waals surface area contributed by atoms with E-state index in [4.69, 9.17) is 4.42 Å². The van der Waals surface area contributed by atoms with E-state index >= 15 is 0 Å². The van der Waals surface area contributed by atoms with Gasteiger partial charge in [0.05, 0.1) is 5.56 Å². The summed E-state index contributed by atoms with van der Waals surface area (Å²) in [6.07, 6.45) is 2.06. The second-order valence-electron chi connectivity index (χ2n) is 4.68. The molecule has 0 atom stereocenters. The maximum absolute atomic E-state index is 12.4. The molecule has 1 saturated heterocycles. The number of carbonyl (C=O) groups excluding carboxylic acids is 1. The van der Waals surface area contributed by atoms with Gasteiger partial charge in [0.2, 0.25) is 0 Å². The number of aryl methyl sites for hydroxylation is 2. The van der Waals surface area contributed by atoms with E-state index < -0.39 is 0 Å². The van der Waals surface area contributed by atoms with Crippen LogP contribution in [0.5, 0.6) is 0 Å². The zero-order valence-corrected chi connectivity index (χ0v) is 12.1. The largest absolute Gasteiger partial charge is 0.466 e. The fraction of sp³-hybridized carbons (Fsp3) is 0.615. The molecule has 0 unspecified atom stereocenters. The number of piperidine rings is 1. The van der Waals surface area contributed by atoms with E-state index in [1.54, 1.807) is 0 Å². The highest BCUT2D eigenvalue weighted by Crippen LogP contribution is 2.25. The summed E-state index contributed by atoms with van der Waals surface area (Å²) >= 11 is 3.60. The zero-order valence-electron chi connectivity index (χ0n) is 10.5.